The zero-order valence-electron chi connectivity index (χ0n) is 11.0. The van der Waals surface area contributed by atoms with Crippen LogP contribution in [0.2, 0.25) is 0 Å². The molecule has 5 heteroatoms. The first-order chi connectivity index (χ1) is 9.72. The molecule has 0 radical (unpaired) electrons. The van der Waals surface area contributed by atoms with Gasteiger partial charge in [-0.2, -0.15) is 11.8 Å². The van der Waals surface area contributed by atoms with Gasteiger partial charge in [-0.05, 0) is 18.4 Å². The van der Waals surface area contributed by atoms with Crippen molar-refractivity contribution in [3.63, 3.8) is 0 Å². The van der Waals surface area contributed by atoms with E-state index in [4.69, 9.17) is 10.1 Å². The van der Waals surface area contributed by atoms with E-state index in [0.29, 0.717) is 0 Å². The molecule has 104 valence electrons. The number of amides is 1. The lowest BCUT2D eigenvalue weighted by molar-refractivity contribution is -0.131. The number of hydrogen-bond donors (Lipinski definition) is 1. The van der Waals surface area contributed by atoms with Crippen LogP contribution in [0.1, 0.15) is 18.4 Å². The van der Waals surface area contributed by atoms with Gasteiger partial charge >= 0.3 is 0 Å². The number of amidine groups is 1. The molecule has 1 aliphatic carbocycles. The van der Waals surface area contributed by atoms with Crippen LogP contribution in [0.4, 0.5) is 0 Å². The predicted molar refractivity (Wildman–Crippen MR) is 77.9 cm³/mol. The smallest absolute Gasteiger partial charge is 0.292 e. The molecule has 0 bridgehead atoms. The summed E-state index contributed by atoms with van der Waals surface area (Å²) in [6, 6.07) is 10.1. The van der Waals surface area contributed by atoms with Gasteiger partial charge in [0.1, 0.15) is 6.10 Å². The molecule has 1 amide bonds. The molecule has 0 aromatic heterocycles. The Bertz CT molecular complexity index is 570. The maximum Gasteiger partial charge on any atom is 0.292 e. The Morgan fingerprint density at radius 2 is 2.05 bits per heavy atom. The minimum atomic E-state index is -0.404. The molecule has 3 aliphatic rings. The van der Waals surface area contributed by atoms with Crippen molar-refractivity contribution >= 4 is 23.7 Å². The molecule has 2 aliphatic heterocycles. The lowest BCUT2D eigenvalue weighted by atomic mass is 9.94. The Morgan fingerprint density at radius 1 is 1.30 bits per heavy atom. The van der Waals surface area contributed by atoms with Crippen LogP contribution in [-0.4, -0.2) is 40.5 Å². The van der Waals surface area contributed by atoms with Gasteiger partial charge in [0.05, 0.1) is 11.5 Å². The van der Waals surface area contributed by atoms with Crippen molar-refractivity contribution in [3.05, 3.63) is 35.9 Å². The zero-order chi connectivity index (χ0) is 13.7. The molecule has 2 heterocycles. The predicted octanol–water partition coefficient (Wildman–Crippen LogP) is 2.00. The second-order valence-electron chi connectivity index (χ2n) is 5.69. The van der Waals surface area contributed by atoms with Crippen molar-refractivity contribution in [3.8, 4) is 0 Å². The number of nitrogens with one attached hydrogen (secondary N) is 1. The van der Waals surface area contributed by atoms with Crippen LogP contribution in [0.15, 0.2) is 30.3 Å². The fourth-order valence-corrected chi connectivity index (χ4v) is 4.47. The lowest BCUT2D eigenvalue weighted by Gasteiger charge is -2.25. The number of rotatable bonds is 2. The second-order valence-corrected chi connectivity index (χ2v) is 6.76. The first-order valence-electron chi connectivity index (χ1n) is 6.94. The average Bonchev–Trinajstić information content (AvgIpc) is 3.07. The number of nitrogens with zero attached hydrogens (tertiary/aromatic N) is 1. The van der Waals surface area contributed by atoms with E-state index in [9.17, 15) is 4.79 Å². The van der Waals surface area contributed by atoms with E-state index in [2.05, 4.69) is 0 Å². The average molecular weight is 288 g/mol. The third kappa shape index (κ3) is 1.62. The fraction of sp³-hybridized carbons (Fsp3) is 0.467. The summed E-state index contributed by atoms with van der Waals surface area (Å²) in [6.07, 6.45) is 1.77. The number of fused-ring (bicyclic) bond motifs is 1. The van der Waals surface area contributed by atoms with Crippen molar-refractivity contribution in [2.24, 2.45) is 0 Å². The Kier molecular flexibility index (Phi) is 2.61. The van der Waals surface area contributed by atoms with Crippen molar-refractivity contribution in [2.75, 3.05) is 11.5 Å². The molecule has 0 spiro atoms. The van der Waals surface area contributed by atoms with E-state index in [-0.39, 0.29) is 24.1 Å². The maximum absolute atomic E-state index is 13.0. The monoisotopic (exact) mass is 288 g/mol. The summed E-state index contributed by atoms with van der Waals surface area (Å²) < 4.78 is 5.55. The van der Waals surface area contributed by atoms with Crippen LogP contribution in [0.3, 0.4) is 0 Å². The van der Waals surface area contributed by atoms with Crippen molar-refractivity contribution in [2.45, 2.75) is 30.4 Å². The Balaban J connectivity index is 1.66. The third-order valence-electron chi connectivity index (χ3n) is 4.52. The standard InChI is InChI=1S/C15H16N2O2S/c16-14-17(11-8-20-9-12(11)19-14)13(18)15(6-7-15)10-4-2-1-3-5-10/h1-5,11-12,16H,6-9H2. The van der Waals surface area contributed by atoms with Gasteiger partial charge < -0.3 is 4.74 Å². The second kappa shape index (κ2) is 4.25. The molecule has 2 saturated heterocycles. The highest BCUT2D eigenvalue weighted by atomic mass is 32.2. The Hall–Kier alpha value is -1.49. The Labute approximate surface area is 122 Å². The highest BCUT2D eigenvalue weighted by Crippen LogP contribution is 2.51. The summed E-state index contributed by atoms with van der Waals surface area (Å²) in [5, 5.41) is 7.98. The molecule has 4 rings (SSSR count). The summed E-state index contributed by atoms with van der Waals surface area (Å²) in [5.74, 6) is 1.82. The number of carbonyl (C=O) groups is 1. The molecular formula is C15H16N2O2S. The van der Waals surface area contributed by atoms with Gasteiger partial charge in [0.15, 0.2) is 0 Å². The number of carbonyl (C=O) groups excluding carboxylic acids is 1. The Morgan fingerprint density at radius 3 is 2.75 bits per heavy atom. The number of benzene rings is 1. The first kappa shape index (κ1) is 12.3. The molecule has 1 N–H and O–H groups in total. The van der Waals surface area contributed by atoms with Crippen molar-refractivity contribution < 1.29 is 9.53 Å². The number of hydrogen-bond acceptors (Lipinski definition) is 4. The van der Waals surface area contributed by atoms with E-state index < -0.39 is 5.41 Å². The summed E-state index contributed by atoms with van der Waals surface area (Å²) in [5.41, 5.74) is 0.672. The number of ether oxygens (including phenoxy) is 1. The van der Waals surface area contributed by atoms with E-state index in [1.807, 2.05) is 30.3 Å². The topological polar surface area (TPSA) is 53.4 Å². The molecule has 2 atom stereocenters. The number of thioether (sulfide) groups is 1. The summed E-state index contributed by atoms with van der Waals surface area (Å²) in [4.78, 5) is 14.6. The van der Waals surface area contributed by atoms with Crippen LogP contribution in [0.5, 0.6) is 0 Å². The van der Waals surface area contributed by atoms with Gasteiger partial charge in [-0.15, -0.1) is 0 Å². The molecule has 4 nitrogen and oxygen atoms in total. The zero-order valence-corrected chi connectivity index (χ0v) is 11.9. The lowest BCUT2D eigenvalue weighted by Crippen LogP contribution is -2.46. The quantitative estimate of drug-likeness (QED) is 0.905. The third-order valence-corrected chi connectivity index (χ3v) is 5.66. The SMILES string of the molecule is N=C1OC2CSCC2N1C(=O)C1(c2ccccc2)CC1. The van der Waals surface area contributed by atoms with E-state index in [0.717, 1.165) is 29.9 Å². The van der Waals surface area contributed by atoms with Crippen molar-refractivity contribution in [1.82, 2.24) is 4.90 Å². The molecule has 1 aromatic carbocycles. The highest BCUT2D eigenvalue weighted by molar-refractivity contribution is 7.99. The minimum absolute atomic E-state index is 0.0167. The van der Waals surface area contributed by atoms with Crippen LogP contribution < -0.4 is 0 Å². The maximum atomic E-state index is 13.0. The van der Waals surface area contributed by atoms with Crippen LogP contribution in [-0.2, 0) is 14.9 Å². The van der Waals surface area contributed by atoms with Gasteiger partial charge in [0, 0.05) is 11.5 Å². The molecule has 1 aromatic rings. The molecule has 2 unspecified atom stereocenters. The van der Waals surface area contributed by atoms with Crippen LogP contribution >= 0.6 is 11.8 Å². The van der Waals surface area contributed by atoms with Crippen LogP contribution in [0.25, 0.3) is 0 Å². The highest BCUT2D eigenvalue weighted by Gasteiger charge is 2.58. The molecule has 3 fully saturated rings. The van der Waals surface area contributed by atoms with E-state index in [1.165, 1.54) is 0 Å². The molecule has 20 heavy (non-hydrogen) atoms. The van der Waals surface area contributed by atoms with Gasteiger partial charge in [-0.3, -0.25) is 15.1 Å². The van der Waals surface area contributed by atoms with Gasteiger partial charge in [0.25, 0.3) is 6.02 Å². The van der Waals surface area contributed by atoms with Gasteiger partial charge in [-0.25, -0.2) is 0 Å². The summed E-state index contributed by atoms with van der Waals surface area (Å²) >= 11 is 1.80. The summed E-state index contributed by atoms with van der Waals surface area (Å²) in [7, 11) is 0. The van der Waals surface area contributed by atoms with Gasteiger partial charge in [0.2, 0.25) is 5.91 Å². The van der Waals surface area contributed by atoms with Gasteiger partial charge in [-0.1, -0.05) is 30.3 Å². The minimum Gasteiger partial charge on any atom is -0.459 e. The fourth-order valence-electron chi connectivity index (χ4n) is 3.21. The molecular weight excluding hydrogens is 272 g/mol. The van der Waals surface area contributed by atoms with Crippen LogP contribution in [0, 0.1) is 5.41 Å². The summed E-state index contributed by atoms with van der Waals surface area (Å²) in [6.45, 7) is 0. The van der Waals surface area contributed by atoms with E-state index in [1.54, 1.807) is 16.7 Å². The first-order valence-corrected chi connectivity index (χ1v) is 8.10. The molecule has 1 saturated carbocycles. The largest absolute Gasteiger partial charge is 0.459 e. The van der Waals surface area contributed by atoms with E-state index >= 15 is 0 Å². The van der Waals surface area contributed by atoms with Crippen molar-refractivity contribution in [1.29, 1.82) is 5.41 Å². The normalized spacial score (nSPS) is 30.0.